The summed E-state index contributed by atoms with van der Waals surface area (Å²) in [4.78, 5) is 32.9. The van der Waals surface area contributed by atoms with Gasteiger partial charge in [0.1, 0.15) is 0 Å². The van der Waals surface area contributed by atoms with Crippen LogP contribution in [0.4, 0.5) is 5.69 Å². The Bertz CT molecular complexity index is 785. The Balaban J connectivity index is 1.85. The molecule has 0 atom stereocenters. The Hall–Kier alpha value is -3.69. The molecule has 2 N–H and O–H groups in total. The van der Waals surface area contributed by atoms with E-state index in [9.17, 15) is 24.8 Å². The molecule has 2 rings (SSSR count). The molecule has 2 aromatic rings. The summed E-state index contributed by atoms with van der Waals surface area (Å²) in [6.45, 7) is -0.337. The van der Waals surface area contributed by atoms with Gasteiger partial charge in [-0.2, -0.15) is 5.10 Å². The molecule has 0 saturated heterocycles. The smallest absolute Gasteiger partial charge is 0.287 e. The van der Waals surface area contributed by atoms with Crippen molar-refractivity contribution in [2.24, 2.45) is 5.10 Å². The topological polar surface area (TPSA) is 150 Å². The highest BCUT2D eigenvalue weighted by molar-refractivity contribution is 5.94. The first-order valence-electron chi connectivity index (χ1n) is 6.56. The maximum absolute atomic E-state index is 11.5. The number of amides is 2. The van der Waals surface area contributed by atoms with Gasteiger partial charge in [-0.15, -0.1) is 0 Å². The van der Waals surface area contributed by atoms with E-state index in [4.69, 9.17) is 4.42 Å². The molecule has 0 unspecified atom stereocenters. The van der Waals surface area contributed by atoms with Crippen molar-refractivity contribution in [2.75, 3.05) is 6.54 Å². The third-order valence-electron chi connectivity index (χ3n) is 2.74. The van der Waals surface area contributed by atoms with Crippen LogP contribution in [-0.2, 0) is 4.79 Å². The lowest BCUT2D eigenvalue weighted by Gasteiger charge is -2.06. The minimum atomic E-state index is -0.803. The zero-order chi connectivity index (χ0) is 17.5. The van der Waals surface area contributed by atoms with Crippen LogP contribution in [0.2, 0.25) is 0 Å². The lowest BCUT2D eigenvalue weighted by Crippen LogP contribution is -2.34. The van der Waals surface area contributed by atoms with Crippen molar-refractivity contribution in [2.45, 2.75) is 0 Å². The molecular formula is C14H11N4O6-. The second-order valence-electron chi connectivity index (χ2n) is 4.44. The number of furan rings is 1. The summed E-state index contributed by atoms with van der Waals surface area (Å²) in [5, 5.41) is 27.8. The normalized spacial score (nSPS) is 10.5. The van der Waals surface area contributed by atoms with Crippen molar-refractivity contribution in [1.82, 2.24) is 10.7 Å². The molecule has 10 nitrogen and oxygen atoms in total. The number of nitrogens with zero attached hydrogens (tertiary/aromatic N) is 2. The van der Waals surface area contributed by atoms with Crippen LogP contribution in [0.15, 0.2) is 46.1 Å². The fourth-order valence-electron chi connectivity index (χ4n) is 1.63. The van der Waals surface area contributed by atoms with E-state index < -0.39 is 28.2 Å². The van der Waals surface area contributed by atoms with Gasteiger partial charge >= 0.3 is 0 Å². The van der Waals surface area contributed by atoms with E-state index in [-0.39, 0.29) is 17.9 Å². The summed E-state index contributed by atoms with van der Waals surface area (Å²) in [7, 11) is 0. The fourth-order valence-corrected chi connectivity index (χ4v) is 1.63. The van der Waals surface area contributed by atoms with Gasteiger partial charge in [0.05, 0.1) is 23.9 Å². The van der Waals surface area contributed by atoms with Gasteiger partial charge < -0.3 is 14.8 Å². The predicted molar refractivity (Wildman–Crippen MR) is 79.3 cm³/mol. The fraction of sp³-hybridized carbons (Fsp3) is 0.0714. The molecule has 124 valence electrons. The van der Waals surface area contributed by atoms with Gasteiger partial charge in [-0.1, -0.05) is 12.1 Å². The average Bonchev–Trinajstić information content (AvgIpc) is 3.08. The first-order valence-corrected chi connectivity index (χ1v) is 6.56. The number of hydrazone groups is 1. The summed E-state index contributed by atoms with van der Waals surface area (Å²) in [5.41, 5.74) is 1.81. The molecule has 0 fully saturated rings. The zero-order valence-corrected chi connectivity index (χ0v) is 12.1. The summed E-state index contributed by atoms with van der Waals surface area (Å²) >= 11 is 0. The Morgan fingerprint density at radius 2 is 2.12 bits per heavy atom. The Kier molecular flexibility index (Phi) is 5.24. The summed E-state index contributed by atoms with van der Waals surface area (Å²) in [5.74, 6) is -1.82. The lowest BCUT2D eigenvalue weighted by molar-refractivity contribution is -0.398. The zero-order valence-electron chi connectivity index (χ0n) is 12.1. The van der Waals surface area contributed by atoms with Crippen LogP contribution < -0.4 is 15.8 Å². The molecule has 0 saturated carbocycles. The van der Waals surface area contributed by atoms with Gasteiger partial charge in [-0.25, -0.2) is 5.43 Å². The molecule has 2 amide bonds. The average molecular weight is 331 g/mol. The number of carbonyl (C=O) groups excluding carboxylic acids is 2. The highest BCUT2D eigenvalue weighted by Crippen LogP contribution is 2.22. The van der Waals surface area contributed by atoms with E-state index in [1.54, 1.807) is 0 Å². The molecule has 0 aliphatic carbocycles. The van der Waals surface area contributed by atoms with Crippen molar-refractivity contribution in [3.8, 4) is 5.75 Å². The molecule has 10 heteroatoms. The molecular weight excluding hydrogens is 320 g/mol. The van der Waals surface area contributed by atoms with Gasteiger partial charge in [0.25, 0.3) is 17.5 Å². The van der Waals surface area contributed by atoms with E-state index in [0.29, 0.717) is 0 Å². The number of nitrogens with one attached hydrogen (secondary N) is 2. The number of rotatable bonds is 6. The predicted octanol–water partition coefficient (Wildman–Crippen LogP) is 0.141. The minimum absolute atomic E-state index is 0.0660. The third kappa shape index (κ3) is 4.40. The van der Waals surface area contributed by atoms with Gasteiger partial charge in [-0.05, 0) is 17.9 Å². The molecule has 0 radical (unpaired) electrons. The standard InChI is InChI=1S/C14H12N4O6/c19-11-4-3-9(6-10(11)18(22)23)7-16-17-13(20)8-15-14(21)12-2-1-5-24-12/h1-7,19H,8H2,(H,15,21)(H,17,20)/p-1/b16-7-. The van der Waals surface area contributed by atoms with Crippen LogP contribution >= 0.6 is 0 Å². The van der Waals surface area contributed by atoms with Crippen molar-refractivity contribution in [3.05, 3.63) is 58.0 Å². The third-order valence-corrected chi connectivity index (χ3v) is 2.74. The number of hydrogen-bond donors (Lipinski definition) is 2. The second-order valence-corrected chi connectivity index (χ2v) is 4.44. The SMILES string of the molecule is O=C(CNC(=O)c1ccco1)N/N=C\c1ccc([O-])c([N+](=O)[O-])c1. The van der Waals surface area contributed by atoms with Crippen LogP contribution in [0, 0.1) is 10.1 Å². The van der Waals surface area contributed by atoms with Crippen LogP contribution in [0.5, 0.6) is 5.75 Å². The van der Waals surface area contributed by atoms with Crippen molar-refractivity contribution in [1.29, 1.82) is 0 Å². The molecule has 0 aliphatic heterocycles. The minimum Gasteiger partial charge on any atom is -0.868 e. The van der Waals surface area contributed by atoms with E-state index in [0.717, 1.165) is 18.3 Å². The number of nitro groups is 1. The molecule has 1 aromatic carbocycles. The van der Waals surface area contributed by atoms with Gasteiger partial charge in [0, 0.05) is 11.6 Å². The van der Waals surface area contributed by atoms with E-state index >= 15 is 0 Å². The summed E-state index contributed by atoms with van der Waals surface area (Å²) in [6, 6.07) is 6.37. The lowest BCUT2D eigenvalue weighted by atomic mass is 10.2. The van der Waals surface area contributed by atoms with E-state index in [1.807, 2.05) is 0 Å². The quantitative estimate of drug-likeness (QED) is 0.436. The summed E-state index contributed by atoms with van der Waals surface area (Å²) in [6.07, 6.45) is 2.46. The maximum Gasteiger partial charge on any atom is 0.287 e. The van der Waals surface area contributed by atoms with Crippen LogP contribution in [0.3, 0.4) is 0 Å². The molecule has 1 aromatic heterocycles. The van der Waals surface area contributed by atoms with Crippen LogP contribution in [0.1, 0.15) is 16.1 Å². The molecule has 0 aliphatic rings. The van der Waals surface area contributed by atoms with Crippen LogP contribution in [-0.4, -0.2) is 29.5 Å². The first-order chi connectivity index (χ1) is 11.5. The van der Waals surface area contributed by atoms with Gasteiger partial charge in [0.2, 0.25) is 0 Å². The molecule has 24 heavy (non-hydrogen) atoms. The Morgan fingerprint density at radius 3 is 2.79 bits per heavy atom. The molecule has 0 bridgehead atoms. The molecule has 0 spiro atoms. The van der Waals surface area contributed by atoms with Gasteiger partial charge in [-0.3, -0.25) is 19.7 Å². The number of nitro benzene ring substituents is 1. The number of carbonyl (C=O) groups is 2. The summed E-state index contributed by atoms with van der Waals surface area (Å²) < 4.78 is 4.85. The number of hydrogen-bond acceptors (Lipinski definition) is 7. The second kappa shape index (κ2) is 7.54. The highest BCUT2D eigenvalue weighted by atomic mass is 16.6. The van der Waals surface area contributed by atoms with E-state index in [2.05, 4.69) is 15.8 Å². The largest absolute Gasteiger partial charge is 0.868 e. The van der Waals surface area contributed by atoms with Crippen molar-refractivity contribution in [3.63, 3.8) is 0 Å². The van der Waals surface area contributed by atoms with Crippen molar-refractivity contribution >= 4 is 23.7 Å². The van der Waals surface area contributed by atoms with Crippen molar-refractivity contribution < 1.29 is 24.0 Å². The van der Waals surface area contributed by atoms with Gasteiger partial charge in [0.15, 0.2) is 5.76 Å². The van der Waals surface area contributed by atoms with Crippen LogP contribution in [0.25, 0.3) is 0 Å². The first kappa shape index (κ1) is 16.7. The highest BCUT2D eigenvalue weighted by Gasteiger charge is 2.10. The molecule has 1 heterocycles. The monoisotopic (exact) mass is 331 g/mol. The Labute approximate surface area is 134 Å². The number of benzene rings is 1. The Morgan fingerprint density at radius 1 is 1.33 bits per heavy atom. The maximum atomic E-state index is 11.5. The van der Waals surface area contributed by atoms with E-state index in [1.165, 1.54) is 24.5 Å².